The second kappa shape index (κ2) is 27.5. The number of amides is 1. The van der Waals surface area contributed by atoms with Crippen LogP contribution in [0.25, 0.3) is 33.9 Å². The lowest BCUT2D eigenvalue weighted by Gasteiger charge is -2.02. The van der Waals surface area contributed by atoms with E-state index < -0.39 is 5.91 Å². The van der Waals surface area contributed by atoms with Crippen LogP contribution >= 0.6 is 45.3 Å². The Kier molecular flexibility index (Phi) is 20.4. The van der Waals surface area contributed by atoms with Gasteiger partial charge in [0.2, 0.25) is 23.6 Å². The highest BCUT2D eigenvalue weighted by molar-refractivity contribution is 7.13. The number of carbonyl (C=O) groups is 6. The molecule has 0 aromatic carbocycles. The number of nitrogens with zero attached hydrogens (tertiary/aromatic N) is 9. The predicted octanol–water partition coefficient (Wildman–Crippen LogP) is 7.44. The highest BCUT2D eigenvalue weighted by atomic mass is 32.1. The van der Waals surface area contributed by atoms with E-state index in [1.54, 1.807) is 28.6 Å². The topological polar surface area (TPSA) is 344 Å². The van der Waals surface area contributed by atoms with Gasteiger partial charge in [0.05, 0.1) is 37.7 Å². The van der Waals surface area contributed by atoms with Crippen LogP contribution in [-0.4, -0.2) is 99.8 Å². The van der Waals surface area contributed by atoms with Gasteiger partial charge in [-0.3, -0.25) is 34.2 Å². The molecule has 0 radical (unpaired) electrons. The van der Waals surface area contributed by atoms with E-state index in [1.165, 1.54) is 83.6 Å². The lowest BCUT2D eigenvalue weighted by atomic mass is 10.1. The lowest BCUT2D eigenvalue weighted by Crippen LogP contribution is -2.36. The third-order valence-corrected chi connectivity index (χ3v) is 14.2. The summed E-state index contributed by atoms with van der Waals surface area (Å²) in [6.45, 7) is 2.37. The summed E-state index contributed by atoms with van der Waals surface area (Å²) in [6, 6.07) is 0. The quantitative estimate of drug-likeness (QED) is 0.0216. The zero-order valence-corrected chi connectivity index (χ0v) is 43.6. The molecule has 0 aliphatic carbocycles. The van der Waals surface area contributed by atoms with Crippen molar-refractivity contribution in [3.63, 3.8) is 0 Å². The van der Waals surface area contributed by atoms with Crippen molar-refractivity contribution < 1.29 is 50.9 Å². The lowest BCUT2D eigenvalue weighted by molar-refractivity contribution is 0.0923. The summed E-state index contributed by atoms with van der Waals surface area (Å²) in [5, 5.41) is 18.5. The Labute approximate surface area is 460 Å². The highest BCUT2D eigenvalue weighted by Crippen LogP contribution is 2.26. The maximum absolute atomic E-state index is 12.9. The molecule has 9 aromatic heterocycles. The van der Waals surface area contributed by atoms with Crippen molar-refractivity contribution in [2.24, 2.45) is 0 Å². The van der Waals surface area contributed by atoms with Crippen LogP contribution in [0.4, 0.5) is 0 Å². The van der Waals surface area contributed by atoms with Gasteiger partial charge in [0.1, 0.15) is 91.9 Å². The van der Waals surface area contributed by atoms with E-state index in [0.717, 1.165) is 5.01 Å². The molecule has 0 aliphatic rings. The Bertz CT molecular complexity index is 3480. The summed E-state index contributed by atoms with van der Waals surface area (Å²) < 4.78 is 27.1. The fraction of sp³-hybridized carbons (Fsp3) is 0.327. The molecule has 0 saturated carbocycles. The molecule has 0 saturated heterocycles. The van der Waals surface area contributed by atoms with Crippen molar-refractivity contribution in [1.82, 2.24) is 71.7 Å². The van der Waals surface area contributed by atoms with Crippen molar-refractivity contribution in [3.8, 4) is 33.9 Å². The maximum atomic E-state index is 12.9. The number of thiazole rings is 4. The first-order valence-electron chi connectivity index (χ1n) is 23.2. The summed E-state index contributed by atoms with van der Waals surface area (Å²) in [5.74, 6) is -0.184. The van der Waals surface area contributed by atoms with E-state index in [0.29, 0.717) is 94.0 Å². The van der Waals surface area contributed by atoms with Crippen molar-refractivity contribution in [1.29, 1.82) is 0 Å². The van der Waals surface area contributed by atoms with Crippen LogP contribution in [0.3, 0.4) is 0 Å². The minimum Gasteiger partial charge on any atom is -0.448 e. The second-order valence-corrected chi connectivity index (χ2v) is 20.1. The van der Waals surface area contributed by atoms with Crippen LogP contribution in [0.1, 0.15) is 143 Å². The number of aromatic nitrogens is 9. The zero-order chi connectivity index (χ0) is 53.0. The van der Waals surface area contributed by atoms with Crippen molar-refractivity contribution in [2.75, 3.05) is 20.1 Å². The van der Waals surface area contributed by atoms with Crippen LogP contribution < -0.4 is 26.8 Å². The van der Waals surface area contributed by atoms with E-state index in [-0.39, 0.29) is 123 Å². The number of rotatable bonds is 30. The van der Waals surface area contributed by atoms with Gasteiger partial charge in [-0.15, -0.1) is 45.3 Å². The van der Waals surface area contributed by atoms with Gasteiger partial charge in [-0.05, 0) is 26.3 Å². The molecule has 5 N–H and O–H groups in total. The summed E-state index contributed by atoms with van der Waals surface area (Å²) in [5.41, 5.74) is 8.00. The zero-order valence-electron chi connectivity index (χ0n) is 40.3. The molecule has 9 rings (SSSR count). The van der Waals surface area contributed by atoms with E-state index >= 15 is 0 Å². The molecule has 29 heteroatoms. The van der Waals surface area contributed by atoms with Crippen LogP contribution in [0.15, 0.2) is 74.9 Å². The largest absolute Gasteiger partial charge is 0.448 e. The molecule has 0 atom stereocenters. The monoisotopic (exact) mass is 1140 g/mol. The molecule has 9 heterocycles. The highest BCUT2D eigenvalue weighted by Gasteiger charge is 2.21. The minimum atomic E-state index is -0.550. The Morgan fingerprint density at radius 3 is 1.78 bits per heavy atom. The van der Waals surface area contributed by atoms with Gasteiger partial charge in [0.25, 0.3) is 5.91 Å². The molecular weight excluding hydrogens is 1090 g/mol. The van der Waals surface area contributed by atoms with Crippen LogP contribution in [0.2, 0.25) is 0 Å². The van der Waals surface area contributed by atoms with Gasteiger partial charge in [-0.2, -0.15) is 0 Å². The van der Waals surface area contributed by atoms with Crippen LogP contribution in [-0.2, 0) is 39.0 Å². The molecule has 408 valence electrons. The van der Waals surface area contributed by atoms with E-state index in [9.17, 15) is 28.8 Å². The number of aryl methyl sites for hydroxylation is 2. The SMILES string of the molecule is C.C.CNCc1nc(-c2nc(C(=O)CNCc3nc(C(=O)CCCc4nc(-c5nc(C(=O)NNCc6nc(-c7nc(C(=O)CNCc8nc(C(=O)CCCc9nc(C(C)=O)co9)co8)co7)cs6)co5)cs4)cs3)cs2)co1. The Hall–Kier alpha value is -7.77. The first kappa shape index (κ1) is 57.9. The predicted molar refractivity (Wildman–Crippen MR) is 285 cm³/mol. The summed E-state index contributed by atoms with van der Waals surface area (Å²) in [4.78, 5) is 115. The summed E-state index contributed by atoms with van der Waals surface area (Å²) in [7, 11) is 1.79. The third kappa shape index (κ3) is 15.2. The molecule has 0 spiro atoms. The average Bonchev–Trinajstić information content (AvgIpc) is 4.26. The molecule has 25 nitrogen and oxygen atoms in total. The van der Waals surface area contributed by atoms with E-state index in [4.69, 9.17) is 22.1 Å². The van der Waals surface area contributed by atoms with Crippen molar-refractivity contribution in [2.45, 2.75) is 86.5 Å². The van der Waals surface area contributed by atoms with Crippen molar-refractivity contribution >= 4 is 80.2 Å². The number of hydrogen-bond acceptors (Lipinski definition) is 28. The number of nitrogens with one attached hydrogen (secondary N) is 5. The third-order valence-electron chi connectivity index (χ3n) is 10.7. The molecule has 9 aromatic rings. The number of carbonyl (C=O) groups excluding carboxylic acids is 6. The van der Waals surface area contributed by atoms with Crippen LogP contribution in [0.5, 0.6) is 0 Å². The summed E-state index contributed by atoms with van der Waals surface area (Å²) >= 11 is 5.33. The first-order chi connectivity index (χ1) is 36.9. The molecular formula is C49H52N14O11S4. The van der Waals surface area contributed by atoms with Gasteiger partial charge >= 0.3 is 0 Å². The number of Topliss-reactive ketones (excluding diaryl/α,β-unsaturated/α-hetero) is 5. The second-order valence-electron chi connectivity index (χ2n) is 16.4. The summed E-state index contributed by atoms with van der Waals surface area (Å²) in [6.07, 6.45) is 8.87. The first-order valence-corrected chi connectivity index (χ1v) is 26.7. The van der Waals surface area contributed by atoms with Gasteiger partial charge in [-0.1, -0.05) is 14.9 Å². The van der Waals surface area contributed by atoms with Gasteiger partial charge in [0.15, 0.2) is 40.5 Å². The fourth-order valence-electron chi connectivity index (χ4n) is 6.89. The smallest absolute Gasteiger partial charge is 0.287 e. The Balaban J connectivity index is 0.00000441. The number of hydrogen-bond donors (Lipinski definition) is 5. The molecule has 78 heavy (non-hydrogen) atoms. The molecule has 0 unspecified atom stereocenters. The molecule has 1 amide bonds. The number of hydrazine groups is 1. The molecule has 0 aliphatic heterocycles. The van der Waals surface area contributed by atoms with Gasteiger partial charge < -0.3 is 38.0 Å². The standard InChI is InChI=1S/C47H44N14O11S4.2CH4/c1-24(62)25-15-68-38(52-25)7-3-5-34(63)26-16-69-40(53-26)12-49-9-36(65)27-17-71-45(58-27)33-23-75-43(57-33)14-51-61-44(67)28-18-72-46(59-28)32-22-73-41(56-32)8-4-6-35(64)30-20-74-42(55-30)13-50-10-37(66)31-21-76-47(60-31)29-19-70-39(54-29)11-48-2;;/h15-23,48-51H,3-14H2,1-2H3,(H,61,67);2*1H4. The van der Waals surface area contributed by atoms with E-state index in [2.05, 4.69) is 71.7 Å². The normalized spacial score (nSPS) is 11.1. The Morgan fingerprint density at radius 1 is 0.474 bits per heavy atom. The number of oxazole rings is 5. The Morgan fingerprint density at radius 2 is 1.03 bits per heavy atom. The minimum absolute atomic E-state index is 0. The van der Waals surface area contributed by atoms with Gasteiger partial charge in [0, 0.05) is 54.3 Å². The average molecular weight is 1140 g/mol. The number of ketones is 5. The van der Waals surface area contributed by atoms with Gasteiger partial charge in [-0.25, -0.2) is 50.3 Å². The maximum Gasteiger partial charge on any atom is 0.287 e. The molecule has 0 bridgehead atoms. The van der Waals surface area contributed by atoms with E-state index in [1.807, 2.05) is 0 Å². The van der Waals surface area contributed by atoms with Crippen molar-refractivity contribution in [3.05, 3.63) is 120 Å². The fourth-order valence-corrected chi connectivity index (χ4v) is 9.95. The molecule has 0 fully saturated rings. The van der Waals surface area contributed by atoms with Crippen LogP contribution in [0, 0.1) is 0 Å².